The molecule has 4 heteroatoms. The zero-order valence-electron chi connectivity index (χ0n) is 13.5. The highest BCUT2D eigenvalue weighted by atomic mass is 16.6. The molecule has 1 atom stereocenters. The third-order valence-corrected chi connectivity index (χ3v) is 3.73. The van der Waals surface area contributed by atoms with Gasteiger partial charge in [0.1, 0.15) is 5.60 Å². The molecule has 0 spiro atoms. The van der Waals surface area contributed by atoms with Crippen molar-refractivity contribution in [3.8, 4) is 0 Å². The fourth-order valence-corrected chi connectivity index (χ4v) is 2.60. The summed E-state index contributed by atoms with van der Waals surface area (Å²) in [6, 6.07) is 10.7. The molecule has 1 amide bonds. The van der Waals surface area contributed by atoms with Gasteiger partial charge in [-0.05, 0) is 32.8 Å². The molecule has 1 heterocycles. The fraction of sp³-hybridized carbons (Fsp3) is 0.588. The Morgan fingerprint density at radius 2 is 2.00 bits per heavy atom. The molecule has 0 saturated carbocycles. The Bertz CT molecular complexity index is 467. The molecule has 1 saturated heterocycles. The van der Waals surface area contributed by atoms with Crippen LogP contribution in [0.15, 0.2) is 30.3 Å². The molecule has 21 heavy (non-hydrogen) atoms. The Labute approximate surface area is 127 Å². The Morgan fingerprint density at radius 1 is 1.33 bits per heavy atom. The third kappa shape index (κ3) is 4.74. The first-order valence-electron chi connectivity index (χ1n) is 7.57. The van der Waals surface area contributed by atoms with Gasteiger partial charge in [0, 0.05) is 32.7 Å². The van der Waals surface area contributed by atoms with Gasteiger partial charge in [0.25, 0.3) is 0 Å². The van der Waals surface area contributed by atoms with Gasteiger partial charge in [0.15, 0.2) is 0 Å². The monoisotopic (exact) mass is 290 g/mol. The molecule has 2 rings (SSSR count). The van der Waals surface area contributed by atoms with E-state index in [-0.39, 0.29) is 12.1 Å². The molecule has 0 aliphatic carbocycles. The Morgan fingerprint density at radius 3 is 2.62 bits per heavy atom. The molecule has 116 valence electrons. The first kappa shape index (κ1) is 15.8. The van der Waals surface area contributed by atoms with Crippen molar-refractivity contribution in [2.75, 3.05) is 20.1 Å². The van der Waals surface area contributed by atoms with Crippen molar-refractivity contribution in [1.29, 1.82) is 0 Å². The van der Waals surface area contributed by atoms with Gasteiger partial charge in [-0.3, -0.25) is 4.90 Å². The van der Waals surface area contributed by atoms with Crippen LogP contribution in [0.2, 0.25) is 0 Å². The maximum Gasteiger partial charge on any atom is 0.410 e. The van der Waals surface area contributed by atoms with Crippen LogP contribution in [0, 0.1) is 0 Å². The lowest BCUT2D eigenvalue weighted by Gasteiger charge is -2.28. The third-order valence-electron chi connectivity index (χ3n) is 3.73. The summed E-state index contributed by atoms with van der Waals surface area (Å²) in [5, 5.41) is 0. The Kier molecular flexibility index (Phi) is 4.88. The van der Waals surface area contributed by atoms with Gasteiger partial charge in [-0.15, -0.1) is 0 Å². The summed E-state index contributed by atoms with van der Waals surface area (Å²) >= 11 is 0. The molecule has 0 radical (unpaired) electrons. The molecule has 1 aliphatic heterocycles. The van der Waals surface area contributed by atoms with Gasteiger partial charge < -0.3 is 9.64 Å². The topological polar surface area (TPSA) is 32.8 Å². The van der Waals surface area contributed by atoms with Crippen LogP contribution in [-0.2, 0) is 11.3 Å². The van der Waals surface area contributed by atoms with E-state index in [2.05, 4.69) is 29.2 Å². The lowest BCUT2D eigenvalue weighted by Crippen LogP contribution is -2.42. The van der Waals surface area contributed by atoms with Crippen LogP contribution in [0.4, 0.5) is 4.79 Å². The minimum atomic E-state index is -0.437. The molecule has 1 fully saturated rings. The van der Waals surface area contributed by atoms with Crippen molar-refractivity contribution in [2.45, 2.75) is 45.4 Å². The van der Waals surface area contributed by atoms with E-state index in [4.69, 9.17) is 4.74 Å². The van der Waals surface area contributed by atoms with Gasteiger partial charge in [-0.2, -0.15) is 0 Å². The highest BCUT2D eigenvalue weighted by Crippen LogP contribution is 2.19. The number of rotatable bonds is 3. The molecular formula is C17H26N2O2. The quantitative estimate of drug-likeness (QED) is 0.857. The second kappa shape index (κ2) is 6.48. The standard InChI is InChI=1S/C17H26N2O2/c1-17(2,3)21-16(20)18(4)15-10-11-19(13-15)12-14-8-6-5-7-9-14/h5-9,15H,10-13H2,1-4H3/t15-/m0/s1. The van der Waals surface area contributed by atoms with Gasteiger partial charge in [-0.25, -0.2) is 4.79 Å². The smallest absolute Gasteiger partial charge is 0.410 e. The summed E-state index contributed by atoms with van der Waals surface area (Å²) in [5.74, 6) is 0. The Hall–Kier alpha value is -1.55. The molecule has 0 unspecified atom stereocenters. The average Bonchev–Trinajstić information content (AvgIpc) is 2.85. The van der Waals surface area contributed by atoms with E-state index in [0.29, 0.717) is 0 Å². The normalized spacial score (nSPS) is 19.5. The minimum absolute atomic E-state index is 0.228. The van der Waals surface area contributed by atoms with Crippen molar-refractivity contribution in [1.82, 2.24) is 9.80 Å². The molecule has 1 aromatic rings. The van der Waals surface area contributed by atoms with E-state index in [0.717, 1.165) is 26.1 Å². The van der Waals surface area contributed by atoms with E-state index in [1.165, 1.54) is 5.56 Å². The van der Waals surface area contributed by atoms with Crippen LogP contribution in [-0.4, -0.2) is 47.7 Å². The van der Waals surface area contributed by atoms with E-state index >= 15 is 0 Å². The van der Waals surface area contributed by atoms with Gasteiger partial charge in [0.05, 0.1) is 0 Å². The molecule has 0 bridgehead atoms. The number of amides is 1. The van der Waals surface area contributed by atoms with Crippen molar-refractivity contribution in [2.24, 2.45) is 0 Å². The minimum Gasteiger partial charge on any atom is -0.444 e. The number of carbonyl (C=O) groups is 1. The van der Waals surface area contributed by atoms with Crippen molar-refractivity contribution in [3.63, 3.8) is 0 Å². The lowest BCUT2D eigenvalue weighted by atomic mass is 10.2. The summed E-state index contributed by atoms with van der Waals surface area (Å²) < 4.78 is 5.43. The summed E-state index contributed by atoms with van der Waals surface area (Å²) in [6.45, 7) is 8.57. The fourth-order valence-electron chi connectivity index (χ4n) is 2.60. The molecular weight excluding hydrogens is 264 g/mol. The van der Waals surface area contributed by atoms with Gasteiger partial charge in [0.2, 0.25) is 0 Å². The van der Waals surface area contributed by atoms with Crippen LogP contribution < -0.4 is 0 Å². The number of hydrogen-bond donors (Lipinski definition) is 0. The van der Waals surface area contributed by atoms with Gasteiger partial charge >= 0.3 is 6.09 Å². The highest BCUT2D eigenvalue weighted by molar-refractivity contribution is 5.68. The van der Waals surface area contributed by atoms with Crippen molar-refractivity contribution < 1.29 is 9.53 Å². The molecule has 1 aliphatic rings. The summed E-state index contributed by atoms with van der Waals surface area (Å²) in [5.41, 5.74) is 0.881. The van der Waals surface area contributed by atoms with E-state index in [9.17, 15) is 4.79 Å². The van der Waals surface area contributed by atoms with Gasteiger partial charge in [-0.1, -0.05) is 30.3 Å². The van der Waals surface area contributed by atoms with Crippen LogP contribution in [0.25, 0.3) is 0 Å². The number of nitrogens with zero attached hydrogens (tertiary/aromatic N) is 2. The summed E-state index contributed by atoms with van der Waals surface area (Å²) in [7, 11) is 1.84. The van der Waals surface area contributed by atoms with E-state index in [1.807, 2.05) is 33.9 Å². The van der Waals surface area contributed by atoms with Crippen molar-refractivity contribution in [3.05, 3.63) is 35.9 Å². The average molecular weight is 290 g/mol. The van der Waals surface area contributed by atoms with Crippen LogP contribution >= 0.6 is 0 Å². The molecule has 1 aromatic carbocycles. The number of benzene rings is 1. The maximum absolute atomic E-state index is 12.1. The first-order valence-corrected chi connectivity index (χ1v) is 7.57. The van der Waals surface area contributed by atoms with Crippen LogP contribution in [0.5, 0.6) is 0 Å². The molecule has 0 aromatic heterocycles. The summed E-state index contributed by atoms with van der Waals surface area (Å²) in [4.78, 5) is 16.2. The maximum atomic E-state index is 12.1. The number of hydrogen-bond acceptors (Lipinski definition) is 3. The van der Waals surface area contributed by atoms with E-state index in [1.54, 1.807) is 4.90 Å². The number of likely N-dealkylation sites (tertiary alicyclic amines) is 1. The SMILES string of the molecule is CN(C(=O)OC(C)(C)C)[C@H]1CCN(Cc2ccccc2)C1. The second-order valence-electron chi connectivity index (χ2n) is 6.75. The van der Waals surface area contributed by atoms with Crippen LogP contribution in [0.3, 0.4) is 0 Å². The zero-order chi connectivity index (χ0) is 15.5. The molecule has 4 nitrogen and oxygen atoms in total. The number of carbonyl (C=O) groups excluding carboxylic acids is 1. The predicted molar refractivity (Wildman–Crippen MR) is 84.1 cm³/mol. The van der Waals surface area contributed by atoms with Crippen molar-refractivity contribution >= 4 is 6.09 Å². The highest BCUT2D eigenvalue weighted by Gasteiger charge is 2.30. The second-order valence-corrected chi connectivity index (χ2v) is 6.75. The number of ether oxygens (including phenoxy) is 1. The molecule has 0 N–H and O–H groups in total. The predicted octanol–water partition coefficient (Wildman–Crippen LogP) is 3.13. The van der Waals surface area contributed by atoms with E-state index < -0.39 is 5.60 Å². The largest absolute Gasteiger partial charge is 0.444 e. The van der Waals surface area contributed by atoms with Crippen LogP contribution in [0.1, 0.15) is 32.8 Å². The lowest BCUT2D eigenvalue weighted by molar-refractivity contribution is 0.0228. The zero-order valence-corrected chi connectivity index (χ0v) is 13.5. The number of likely N-dealkylation sites (N-methyl/N-ethyl adjacent to an activating group) is 1. The Balaban J connectivity index is 1.85. The first-order chi connectivity index (χ1) is 9.85. The summed E-state index contributed by atoms with van der Waals surface area (Å²) in [6.07, 6.45) is 0.775.